The van der Waals surface area contributed by atoms with E-state index >= 15 is 0 Å². The summed E-state index contributed by atoms with van der Waals surface area (Å²) in [5, 5.41) is 9.38. The first-order chi connectivity index (χ1) is 8.25. The van der Waals surface area contributed by atoms with E-state index in [-0.39, 0.29) is 0 Å². The third kappa shape index (κ3) is 3.51. The van der Waals surface area contributed by atoms with Crippen molar-refractivity contribution in [3.05, 3.63) is 40.9 Å². The molecule has 0 aliphatic rings. The minimum atomic E-state index is 0.723. The van der Waals surface area contributed by atoms with Crippen LogP contribution in [-0.2, 0) is 13.1 Å². The lowest BCUT2D eigenvalue weighted by Gasteiger charge is -2.14. The minimum Gasteiger partial charge on any atom is -0.379 e. The van der Waals surface area contributed by atoms with E-state index < -0.39 is 0 Å². The van der Waals surface area contributed by atoms with Crippen LogP contribution in [-0.4, -0.2) is 28.6 Å². The summed E-state index contributed by atoms with van der Waals surface area (Å²) >= 11 is 1.38. The fourth-order valence-corrected chi connectivity index (χ4v) is 2.07. The average molecular weight is 248 g/mol. The highest BCUT2D eigenvalue weighted by atomic mass is 32.1. The summed E-state index contributed by atoms with van der Waals surface area (Å²) in [6, 6.07) is 8.34. The molecule has 4 nitrogen and oxygen atoms in total. The standard InChI is InChI=1S/C12H16N4S/c1-16(2)8-10-5-3-4-6-12(10)13-7-11-9-17-15-14-11/h3-6,9,13H,7-8H2,1-2H3. The second kappa shape index (κ2) is 5.75. The maximum Gasteiger partial charge on any atom is 0.0946 e. The fraction of sp³-hybridized carbons (Fsp3) is 0.333. The molecule has 0 radical (unpaired) electrons. The topological polar surface area (TPSA) is 41.0 Å². The van der Waals surface area contributed by atoms with E-state index in [1.807, 2.05) is 11.4 Å². The molecule has 17 heavy (non-hydrogen) atoms. The lowest BCUT2D eigenvalue weighted by Crippen LogP contribution is -2.12. The van der Waals surface area contributed by atoms with Crippen molar-refractivity contribution in [3.8, 4) is 0 Å². The maximum absolute atomic E-state index is 4.02. The highest BCUT2D eigenvalue weighted by Gasteiger charge is 2.03. The van der Waals surface area contributed by atoms with Crippen LogP contribution < -0.4 is 5.32 Å². The van der Waals surface area contributed by atoms with Crippen LogP contribution in [0.5, 0.6) is 0 Å². The molecule has 1 heterocycles. The van der Waals surface area contributed by atoms with Crippen LogP contribution in [0.1, 0.15) is 11.3 Å². The van der Waals surface area contributed by atoms with E-state index in [2.05, 4.69) is 52.1 Å². The summed E-state index contributed by atoms with van der Waals surface area (Å²) in [7, 11) is 4.14. The van der Waals surface area contributed by atoms with Crippen molar-refractivity contribution < 1.29 is 0 Å². The van der Waals surface area contributed by atoms with Gasteiger partial charge in [0.2, 0.25) is 0 Å². The van der Waals surface area contributed by atoms with Gasteiger partial charge in [0.1, 0.15) is 0 Å². The lowest BCUT2D eigenvalue weighted by molar-refractivity contribution is 0.403. The number of hydrogen-bond acceptors (Lipinski definition) is 5. The van der Waals surface area contributed by atoms with Crippen LogP contribution in [0.25, 0.3) is 0 Å². The third-order valence-corrected chi connectivity index (χ3v) is 2.92. The van der Waals surface area contributed by atoms with E-state index in [0.29, 0.717) is 0 Å². The Morgan fingerprint density at radius 1 is 1.29 bits per heavy atom. The summed E-state index contributed by atoms with van der Waals surface area (Å²) in [6.45, 7) is 1.65. The van der Waals surface area contributed by atoms with E-state index in [0.717, 1.165) is 24.5 Å². The van der Waals surface area contributed by atoms with Crippen molar-refractivity contribution in [1.29, 1.82) is 0 Å². The number of hydrogen-bond donors (Lipinski definition) is 1. The predicted molar refractivity (Wildman–Crippen MR) is 71.1 cm³/mol. The Morgan fingerprint density at radius 2 is 2.12 bits per heavy atom. The number of nitrogens with one attached hydrogen (secondary N) is 1. The zero-order valence-electron chi connectivity index (χ0n) is 10.1. The first-order valence-electron chi connectivity index (χ1n) is 5.48. The summed E-state index contributed by atoms with van der Waals surface area (Å²) in [4.78, 5) is 2.16. The van der Waals surface area contributed by atoms with Gasteiger partial charge < -0.3 is 10.2 Å². The SMILES string of the molecule is CN(C)Cc1ccccc1NCc1csnn1. The van der Waals surface area contributed by atoms with Gasteiger partial charge in [0.05, 0.1) is 12.2 Å². The molecule has 0 spiro atoms. The number of nitrogens with zero attached hydrogens (tertiary/aromatic N) is 3. The smallest absolute Gasteiger partial charge is 0.0946 e. The molecular weight excluding hydrogens is 232 g/mol. The van der Waals surface area contributed by atoms with Crippen molar-refractivity contribution in [2.24, 2.45) is 0 Å². The Hall–Kier alpha value is -1.46. The van der Waals surface area contributed by atoms with Crippen molar-refractivity contribution in [3.63, 3.8) is 0 Å². The van der Waals surface area contributed by atoms with Crippen molar-refractivity contribution in [2.45, 2.75) is 13.1 Å². The van der Waals surface area contributed by atoms with Gasteiger partial charge in [-0.25, -0.2) is 0 Å². The molecule has 1 aromatic carbocycles. The van der Waals surface area contributed by atoms with Crippen LogP contribution in [0, 0.1) is 0 Å². The van der Waals surface area contributed by atoms with Gasteiger partial charge in [0.25, 0.3) is 0 Å². The van der Waals surface area contributed by atoms with Crippen LogP contribution in [0.3, 0.4) is 0 Å². The Bertz CT molecular complexity index is 453. The summed E-state index contributed by atoms with van der Waals surface area (Å²) in [5.41, 5.74) is 3.43. The highest BCUT2D eigenvalue weighted by molar-refractivity contribution is 7.03. The molecule has 0 atom stereocenters. The van der Waals surface area contributed by atoms with Gasteiger partial charge in [-0.2, -0.15) is 0 Å². The molecule has 1 N–H and O–H groups in total. The van der Waals surface area contributed by atoms with Crippen molar-refractivity contribution in [2.75, 3.05) is 19.4 Å². The Morgan fingerprint density at radius 3 is 2.82 bits per heavy atom. The molecule has 0 saturated carbocycles. The van der Waals surface area contributed by atoms with Crippen molar-refractivity contribution >= 4 is 17.2 Å². The second-order valence-corrected chi connectivity index (χ2v) is 4.75. The molecule has 0 saturated heterocycles. The Balaban J connectivity index is 2.04. The highest BCUT2D eigenvalue weighted by Crippen LogP contribution is 2.17. The fourth-order valence-electron chi connectivity index (χ4n) is 1.62. The predicted octanol–water partition coefficient (Wildman–Crippen LogP) is 2.21. The minimum absolute atomic E-state index is 0.723. The number of aromatic nitrogens is 2. The number of benzene rings is 1. The quantitative estimate of drug-likeness (QED) is 0.881. The molecule has 0 aliphatic heterocycles. The van der Waals surface area contributed by atoms with Gasteiger partial charge in [-0.05, 0) is 37.3 Å². The van der Waals surface area contributed by atoms with Crippen LogP contribution >= 0.6 is 11.5 Å². The molecule has 0 bridgehead atoms. The monoisotopic (exact) mass is 248 g/mol. The van der Waals surface area contributed by atoms with E-state index in [4.69, 9.17) is 0 Å². The van der Waals surface area contributed by atoms with Gasteiger partial charge in [-0.15, -0.1) is 5.10 Å². The summed E-state index contributed by atoms with van der Waals surface area (Å²) < 4.78 is 3.85. The van der Waals surface area contributed by atoms with E-state index in [1.54, 1.807) is 0 Å². The van der Waals surface area contributed by atoms with E-state index in [1.165, 1.54) is 17.1 Å². The zero-order chi connectivity index (χ0) is 12.1. The Kier molecular flexibility index (Phi) is 4.06. The molecule has 2 rings (SSSR count). The summed E-state index contributed by atoms with van der Waals surface area (Å²) in [6.07, 6.45) is 0. The Labute approximate surface area is 105 Å². The van der Waals surface area contributed by atoms with Crippen LogP contribution in [0.15, 0.2) is 29.6 Å². The largest absolute Gasteiger partial charge is 0.379 e. The summed E-state index contributed by atoms with van der Waals surface area (Å²) in [5.74, 6) is 0. The van der Waals surface area contributed by atoms with E-state index in [9.17, 15) is 0 Å². The molecule has 5 heteroatoms. The normalized spacial score (nSPS) is 10.8. The van der Waals surface area contributed by atoms with Gasteiger partial charge in [-0.1, -0.05) is 22.7 Å². The number of para-hydroxylation sites is 1. The number of anilines is 1. The molecule has 1 aromatic heterocycles. The first-order valence-corrected chi connectivity index (χ1v) is 6.32. The van der Waals surface area contributed by atoms with Gasteiger partial charge in [0.15, 0.2) is 0 Å². The number of rotatable bonds is 5. The zero-order valence-corrected chi connectivity index (χ0v) is 10.9. The van der Waals surface area contributed by atoms with Crippen LogP contribution in [0.2, 0.25) is 0 Å². The molecule has 0 amide bonds. The van der Waals surface area contributed by atoms with Crippen molar-refractivity contribution in [1.82, 2.24) is 14.5 Å². The lowest BCUT2D eigenvalue weighted by atomic mass is 10.1. The molecular formula is C12H16N4S. The molecule has 0 fully saturated rings. The maximum atomic E-state index is 4.02. The average Bonchev–Trinajstić information content (AvgIpc) is 2.80. The molecule has 0 unspecified atom stereocenters. The first kappa shape index (κ1) is 12.0. The van der Waals surface area contributed by atoms with Crippen LogP contribution in [0.4, 0.5) is 5.69 Å². The molecule has 2 aromatic rings. The molecule has 90 valence electrons. The molecule has 0 aliphatic carbocycles. The van der Waals surface area contributed by atoms with Gasteiger partial charge >= 0.3 is 0 Å². The van der Waals surface area contributed by atoms with Gasteiger partial charge in [-0.3, -0.25) is 0 Å². The third-order valence-electron chi connectivity index (χ3n) is 2.37. The van der Waals surface area contributed by atoms with Gasteiger partial charge in [0, 0.05) is 17.6 Å². The second-order valence-electron chi connectivity index (χ2n) is 4.14.